The largest absolute Gasteiger partial charge is 0.508 e. The van der Waals surface area contributed by atoms with E-state index in [0.717, 1.165) is 33.4 Å². The molecule has 0 fully saturated rings. The van der Waals surface area contributed by atoms with Gasteiger partial charge in [0.05, 0.1) is 0 Å². The molecule has 0 atom stereocenters. The second-order valence-electron chi connectivity index (χ2n) is 7.72. The molecule has 0 aliphatic heterocycles. The van der Waals surface area contributed by atoms with Gasteiger partial charge in [-0.25, -0.2) is 4.79 Å². The van der Waals surface area contributed by atoms with E-state index in [2.05, 4.69) is 30.8 Å². The average molecular weight is 433 g/mol. The third-order valence-electron chi connectivity index (χ3n) is 5.23. The minimum atomic E-state index is -0.452. The first-order valence-electron chi connectivity index (χ1n) is 10.7. The van der Waals surface area contributed by atoms with Crippen molar-refractivity contribution in [2.24, 2.45) is 0 Å². The first-order valence-corrected chi connectivity index (χ1v) is 10.7. The minimum Gasteiger partial charge on any atom is -0.508 e. The summed E-state index contributed by atoms with van der Waals surface area (Å²) in [5.74, 6) is 0.213. The predicted molar refractivity (Wildman–Crippen MR) is 133 cm³/mol. The second kappa shape index (κ2) is 9.84. The molecular weight excluding hydrogens is 408 g/mol. The molecule has 0 unspecified atom stereocenters. The topological polar surface area (TPSA) is 46.5 Å². The van der Waals surface area contributed by atoms with E-state index < -0.39 is 5.97 Å². The van der Waals surface area contributed by atoms with Gasteiger partial charge in [-0.15, -0.1) is 0 Å². The maximum Gasteiger partial charge on any atom is 0.338 e. The van der Waals surface area contributed by atoms with E-state index in [-0.39, 0.29) is 5.75 Å². The first kappa shape index (κ1) is 21.8. The maximum atomic E-state index is 11.9. The molecule has 4 aromatic rings. The van der Waals surface area contributed by atoms with Crippen LogP contribution in [0.15, 0.2) is 121 Å². The van der Waals surface area contributed by atoms with E-state index >= 15 is 0 Å². The van der Waals surface area contributed by atoms with Gasteiger partial charge in [0, 0.05) is 5.57 Å². The lowest BCUT2D eigenvalue weighted by molar-refractivity contribution is -0.130. The molecule has 0 amide bonds. The van der Waals surface area contributed by atoms with Crippen LogP contribution in [0.25, 0.3) is 11.1 Å². The van der Waals surface area contributed by atoms with Gasteiger partial charge < -0.3 is 9.84 Å². The van der Waals surface area contributed by atoms with Crippen molar-refractivity contribution in [2.75, 3.05) is 0 Å². The summed E-state index contributed by atoms with van der Waals surface area (Å²) in [6, 6.07) is 35.1. The molecular formula is C30H24O3. The zero-order chi connectivity index (χ0) is 23.2. The normalized spacial score (nSPS) is 10.3. The first-order chi connectivity index (χ1) is 16.0. The highest BCUT2D eigenvalue weighted by Crippen LogP contribution is 2.37. The molecule has 33 heavy (non-hydrogen) atoms. The number of carbonyl (C=O) groups is 1. The Morgan fingerprint density at radius 2 is 1.03 bits per heavy atom. The summed E-state index contributed by atoms with van der Waals surface area (Å²) in [6.45, 7) is 5.25. The Labute approximate surface area is 193 Å². The SMILES string of the molecule is C=C(C)C(=O)Oc1ccc(C(=C(c2ccccc2)c2ccccc2)c2ccc(O)cc2)cc1. The molecule has 4 rings (SSSR count). The van der Waals surface area contributed by atoms with Crippen molar-refractivity contribution in [3.05, 3.63) is 144 Å². The molecule has 0 bridgehead atoms. The van der Waals surface area contributed by atoms with E-state index in [1.165, 1.54) is 0 Å². The number of benzene rings is 4. The molecule has 0 saturated carbocycles. The number of rotatable bonds is 6. The summed E-state index contributed by atoms with van der Waals surface area (Å²) in [7, 11) is 0. The van der Waals surface area contributed by atoms with Gasteiger partial charge in [-0.05, 0) is 64.6 Å². The fourth-order valence-corrected chi connectivity index (χ4v) is 3.63. The Balaban J connectivity index is 1.94. The van der Waals surface area contributed by atoms with E-state index in [1.54, 1.807) is 31.2 Å². The Morgan fingerprint density at radius 1 is 0.636 bits per heavy atom. The monoisotopic (exact) mass is 432 g/mol. The Kier molecular flexibility index (Phi) is 6.51. The number of aromatic hydroxyl groups is 1. The third kappa shape index (κ3) is 5.10. The van der Waals surface area contributed by atoms with Crippen molar-refractivity contribution in [3.63, 3.8) is 0 Å². The summed E-state index contributed by atoms with van der Waals surface area (Å²) in [5, 5.41) is 9.88. The summed E-state index contributed by atoms with van der Waals surface area (Å²) < 4.78 is 5.37. The van der Waals surface area contributed by atoms with Crippen molar-refractivity contribution in [1.29, 1.82) is 0 Å². The van der Waals surface area contributed by atoms with Gasteiger partial charge in [-0.2, -0.15) is 0 Å². The van der Waals surface area contributed by atoms with Crippen LogP contribution in [0.1, 0.15) is 29.2 Å². The van der Waals surface area contributed by atoms with Crippen molar-refractivity contribution in [3.8, 4) is 11.5 Å². The molecule has 4 aromatic carbocycles. The molecule has 0 radical (unpaired) electrons. The molecule has 0 spiro atoms. The molecule has 3 nitrogen and oxygen atoms in total. The van der Waals surface area contributed by atoms with E-state index in [1.807, 2.05) is 60.7 Å². The molecule has 162 valence electrons. The van der Waals surface area contributed by atoms with Gasteiger partial charge in [0.1, 0.15) is 11.5 Å². The van der Waals surface area contributed by atoms with Crippen LogP contribution in [-0.4, -0.2) is 11.1 Å². The highest BCUT2D eigenvalue weighted by Gasteiger charge is 2.16. The molecule has 0 aliphatic carbocycles. The number of phenolic OH excluding ortho intramolecular Hbond substituents is 1. The summed E-state index contributed by atoms with van der Waals surface area (Å²) in [4.78, 5) is 11.9. The van der Waals surface area contributed by atoms with Crippen LogP contribution in [0.3, 0.4) is 0 Å². The van der Waals surface area contributed by atoms with Crippen LogP contribution in [0, 0.1) is 0 Å². The van der Waals surface area contributed by atoms with Crippen LogP contribution in [-0.2, 0) is 4.79 Å². The van der Waals surface area contributed by atoms with Crippen molar-refractivity contribution in [2.45, 2.75) is 6.92 Å². The zero-order valence-electron chi connectivity index (χ0n) is 18.4. The summed E-state index contributed by atoms with van der Waals surface area (Å²) >= 11 is 0. The number of phenols is 1. The number of esters is 1. The molecule has 0 saturated heterocycles. The average Bonchev–Trinajstić information content (AvgIpc) is 2.85. The van der Waals surface area contributed by atoms with E-state index in [0.29, 0.717) is 11.3 Å². The molecule has 0 aromatic heterocycles. The van der Waals surface area contributed by atoms with Gasteiger partial charge in [0.2, 0.25) is 0 Å². The standard InChI is InChI=1S/C30H24O3/c1-21(2)30(32)33-27-19-15-25(16-20-27)29(24-13-17-26(31)18-14-24)28(22-9-5-3-6-10-22)23-11-7-4-8-12-23/h3-20,31H,1H2,2H3. The van der Waals surface area contributed by atoms with Crippen molar-refractivity contribution >= 4 is 17.1 Å². The lowest BCUT2D eigenvalue weighted by Gasteiger charge is -2.18. The van der Waals surface area contributed by atoms with Crippen LogP contribution < -0.4 is 4.74 Å². The van der Waals surface area contributed by atoms with Crippen LogP contribution in [0.5, 0.6) is 11.5 Å². The Morgan fingerprint density at radius 3 is 1.45 bits per heavy atom. The quantitative estimate of drug-likeness (QED) is 0.156. The van der Waals surface area contributed by atoms with Gasteiger partial charge in [-0.3, -0.25) is 0 Å². The summed E-state index contributed by atoms with van der Waals surface area (Å²) in [6.07, 6.45) is 0. The van der Waals surface area contributed by atoms with Gasteiger partial charge in [0.25, 0.3) is 0 Å². The van der Waals surface area contributed by atoms with E-state index in [9.17, 15) is 9.90 Å². The second-order valence-corrected chi connectivity index (χ2v) is 7.72. The summed E-state index contributed by atoms with van der Waals surface area (Å²) in [5.41, 5.74) is 6.48. The Bertz CT molecular complexity index is 1240. The highest BCUT2D eigenvalue weighted by molar-refractivity contribution is 6.04. The van der Waals surface area contributed by atoms with Crippen LogP contribution >= 0.6 is 0 Å². The number of carbonyl (C=O) groups excluding carboxylic acids is 1. The minimum absolute atomic E-state index is 0.209. The fraction of sp³-hybridized carbons (Fsp3) is 0.0333. The van der Waals surface area contributed by atoms with Gasteiger partial charge >= 0.3 is 5.97 Å². The number of hydrogen-bond acceptors (Lipinski definition) is 3. The predicted octanol–water partition coefficient (Wildman–Crippen LogP) is 6.88. The Hall–Kier alpha value is -4.37. The smallest absolute Gasteiger partial charge is 0.338 e. The maximum absolute atomic E-state index is 11.9. The number of ether oxygens (including phenoxy) is 1. The highest BCUT2D eigenvalue weighted by atomic mass is 16.5. The van der Waals surface area contributed by atoms with Crippen molar-refractivity contribution in [1.82, 2.24) is 0 Å². The fourth-order valence-electron chi connectivity index (χ4n) is 3.63. The molecule has 0 heterocycles. The van der Waals surface area contributed by atoms with Gasteiger partial charge in [0.15, 0.2) is 0 Å². The third-order valence-corrected chi connectivity index (χ3v) is 5.23. The molecule has 1 N–H and O–H groups in total. The van der Waals surface area contributed by atoms with Crippen LogP contribution in [0.4, 0.5) is 0 Å². The van der Waals surface area contributed by atoms with Crippen LogP contribution in [0.2, 0.25) is 0 Å². The zero-order valence-corrected chi connectivity index (χ0v) is 18.4. The number of hydrogen-bond donors (Lipinski definition) is 1. The lowest BCUT2D eigenvalue weighted by Crippen LogP contribution is -2.08. The molecule has 0 aliphatic rings. The molecule has 3 heteroatoms. The van der Waals surface area contributed by atoms with E-state index in [4.69, 9.17) is 4.74 Å². The van der Waals surface area contributed by atoms with Crippen molar-refractivity contribution < 1.29 is 14.6 Å². The van der Waals surface area contributed by atoms with Gasteiger partial charge in [-0.1, -0.05) is 91.5 Å². The lowest BCUT2D eigenvalue weighted by atomic mass is 9.86.